The Balaban J connectivity index is 1.84. The quantitative estimate of drug-likeness (QED) is 0.921. The van der Waals surface area contributed by atoms with E-state index in [1.807, 2.05) is 26.0 Å². The number of hydrogen-bond donors (Lipinski definition) is 1. The molecule has 0 amide bonds. The summed E-state index contributed by atoms with van der Waals surface area (Å²) < 4.78 is 26.5. The summed E-state index contributed by atoms with van der Waals surface area (Å²) in [5, 5.41) is 10.2. The molecular weight excluding hydrogens is 274 g/mol. The highest BCUT2D eigenvalue weighted by atomic mass is 32.2. The van der Waals surface area contributed by atoms with Crippen LogP contribution in [-0.4, -0.2) is 36.5 Å². The monoisotopic (exact) mass is 295 g/mol. The number of benzene rings is 1. The van der Waals surface area contributed by atoms with E-state index in [0.717, 1.165) is 24.8 Å². The van der Waals surface area contributed by atoms with Crippen molar-refractivity contribution in [1.82, 2.24) is 4.31 Å². The molecule has 3 rings (SSSR count). The van der Waals surface area contributed by atoms with E-state index in [1.54, 1.807) is 6.07 Å². The molecule has 1 fully saturated rings. The third-order valence-electron chi connectivity index (χ3n) is 4.68. The molecular formula is C15H21NO3S. The largest absolute Gasteiger partial charge is 0.387 e. The number of hydrogen-bond acceptors (Lipinski definition) is 3. The standard InChI is InChI=1S/C15H21NO3S/c1-11(2)15(17)9-16(10-15)20(18,19)14-7-6-12-4-3-5-13(12)8-14/h6-8,11,17H,3-5,9-10H2,1-2H3. The molecule has 2 aliphatic rings. The van der Waals surface area contributed by atoms with E-state index >= 15 is 0 Å². The van der Waals surface area contributed by atoms with Crippen LogP contribution >= 0.6 is 0 Å². The van der Waals surface area contributed by atoms with Gasteiger partial charge in [0.15, 0.2) is 0 Å². The van der Waals surface area contributed by atoms with Crippen LogP contribution in [0.2, 0.25) is 0 Å². The fourth-order valence-electron chi connectivity index (χ4n) is 2.96. The smallest absolute Gasteiger partial charge is 0.243 e. The van der Waals surface area contributed by atoms with Crippen LogP contribution in [-0.2, 0) is 22.9 Å². The van der Waals surface area contributed by atoms with Gasteiger partial charge in [0.1, 0.15) is 0 Å². The fraction of sp³-hybridized carbons (Fsp3) is 0.600. The molecule has 4 nitrogen and oxygen atoms in total. The Morgan fingerprint density at radius 3 is 2.50 bits per heavy atom. The summed E-state index contributed by atoms with van der Waals surface area (Å²) in [6.45, 7) is 4.23. The molecule has 1 aliphatic heterocycles. The second-order valence-corrected chi connectivity index (χ2v) is 8.25. The predicted molar refractivity (Wildman–Crippen MR) is 77.0 cm³/mol. The van der Waals surface area contributed by atoms with Crippen molar-refractivity contribution in [3.8, 4) is 0 Å². The van der Waals surface area contributed by atoms with Crippen molar-refractivity contribution < 1.29 is 13.5 Å². The molecule has 1 saturated heterocycles. The summed E-state index contributed by atoms with van der Waals surface area (Å²) in [5.74, 6) is 0.0639. The van der Waals surface area contributed by atoms with E-state index in [2.05, 4.69) is 0 Å². The molecule has 1 aliphatic carbocycles. The molecule has 0 radical (unpaired) electrons. The van der Waals surface area contributed by atoms with Gasteiger partial charge in [-0.05, 0) is 48.4 Å². The molecule has 1 aromatic carbocycles. The van der Waals surface area contributed by atoms with Gasteiger partial charge in [0.2, 0.25) is 10.0 Å². The van der Waals surface area contributed by atoms with Crippen molar-refractivity contribution in [2.45, 2.75) is 43.6 Å². The molecule has 5 heteroatoms. The van der Waals surface area contributed by atoms with E-state index in [1.165, 1.54) is 9.87 Å². The highest BCUT2D eigenvalue weighted by Crippen LogP contribution is 2.34. The lowest BCUT2D eigenvalue weighted by molar-refractivity contribution is -0.0932. The average Bonchev–Trinajstić information content (AvgIpc) is 2.81. The van der Waals surface area contributed by atoms with Crippen LogP contribution in [0.4, 0.5) is 0 Å². The summed E-state index contributed by atoms with van der Waals surface area (Å²) in [6.07, 6.45) is 3.12. The molecule has 0 spiro atoms. The Labute approximate surface area is 120 Å². The maximum atomic E-state index is 12.5. The van der Waals surface area contributed by atoms with Crippen molar-refractivity contribution in [2.75, 3.05) is 13.1 Å². The van der Waals surface area contributed by atoms with Crippen molar-refractivity contribution in [3.63, 3.8) is 0 Å². The van der Waals surface area contributed by atoms with E-state index in [9.17, 15) is 13.5 Å². The first-order valence-corrected chi connectivity index (χ1v) is 8.61. The van der Waals surface area contributed by atoms with Gasteiger partial charge in [-0.25, -0.2) is 8.42 Å². The Kier molecular flexibility index (Phi) is 3.19. The zero-order valence-corrected chi connectivity index (χ0v) is 12.8. The Morgan fingerprint density at radius 1 is 1.20 bits per heavy atom. The Hall–Kier alpha value is -0.910. The van der Waals surface area contributed by atoms with Gasteiger partial charge in [-0.2, -0.15) is 4.31 Å². The summed E-state index contributed by atoms with van der Waals surface area (Å²) in [6, 6.07) is 5.44. The second kappa shape index (κ2) is 4.55. The summed E-state index contributed by atoms with van der Waals surface area (Å²) >= 11 is 0. The van der Waals surface area contributed by atoms with E-state index < -0.39 is 15.6 Å². The van der Waals surface area contributed by atoms with Crippen LogP contribution in [0.3, 0.4) is 0 Å². The van der Waals surface area contributed by atoms with Gasteiger partial charge >= 0.3 is 0 Å². The third kappa shape index (κ3) is 2.08. The SMILES string of the molecule is CC(C)C1(O)CN(S(=O)(=O)c2ccc3c(c2)CCC3)C1. The van der Waals surface area contributed by atoms with Gasteiger partial charge in [0.25, 0.3) is 0 Å². The Morgan fingerprint density at radius 2 is 1.85 bits per heavy atom. The minimum Gasteiger partial charge on any atom is -0.387 e. The maximum Gasteiger partial charge on any atom is 0.243 e. The number of sulfonamides is 1. The predicted octanol–water partition coefficient (Wildman–Crippen LogP) is 1.57. The van der Waals surface area contributed by atoms with Crippen LogP contribution in [0.25, 0.3) is 0 Å². The first-order chi connectivity index (χ1) is 9.33. The highest BCUT2D eigenvalue weighted by molar-refractivity contribution is 7.89. The normalized spacial score (nSPS) is 21.8. The van der Waals surface area contributed by atoms with Gasteiger partial charge in [-0.15, -0.1) is 0 Å². The van der Waals surface area contributed by atoms with Crippen LogP contribution in [0, 0.1) is 5.92 Å². The zero-order valence-electron chi connectivity index (χ0n) is 12.0. The summed E-state index contributed by atoms with van der Waals surface area (Å²) in [5.41, 5.74) is 1.56. The van der Waals surface area contributed by atoms with E-state index in [-0.39, 0.29) is 19.0 Å². The molecule has 0 unspecified atom stereocenters. The van der Waals surface area contributed by atoms with Crippen molar-refractivity contribution >= 4 is 10.0 Å². The fourth-order valence-corrected chi connectivity index (χ4v) is 4.57. The molecule has 0 saturated carbocycles. The van der Waals surface area contributed by atoms with Gasteiger partial charge in [0.05, 0.1) is 10.5 Å². The molecule has 1 aromatic rings. The van der Waals surface area contributed by atoms with Crippen LogP contribution < -0.4 is 0 Å². The topological polar surface area (TPSA) is 57.6 Å². The molecule has 1 N–H and O–H groups in total. The highest BCUT2D eigenvalue weighted by Gasteiger charge is 2.49. The number of nitrogens with zero attached hydrogens (tertiary/aromatic N) is 1. The van der Waals surface area contributed by atoms with Crippen molar-refractivity contribution in [1.29, 1.82) is 0 Å². The number of aryl methyl sites for hydroxylation is 2. The van der Waals surface area contributed by atoms with Gasteiger partial charge in [0, 0.05) is 13.1 Å². The molecule has 20 heavy (non-hydrogen) atoms. The lowest BCUT2D eigenvalue weighted by atomic mass is 9.85. The van der Waals surface area contributed by atoms with Crippen LogP contribution in [0.5, 0.6) is 0 Å². The lowest BCUT2D eigenvalue weighted by Crippen LogP contribution is -2.65. The summed E-state index contributed by atoms with van der Waals surface area (Å²) in [7, 11) is -3.46. The van der Waals surface area contributed by atoms with Gasteiger partial charge < -0.3 is 5.11 Å². The number of aliphatic hydroxyl groups is 1. The molecule has 0 bridgehead atoms. The maximum absolute atomic E-state index is 12.5. The Bertz CT molecular complexity index is 631. The molecule has 0 atom stereocenters. The van der Waals surface area contributed by atoms with Crippen molar-refractivity contribution in [2.24, 2.45) is 5.92 Å². The van der Waals surface area contributed by atoms with Crippen molar-refractivity contribution in [3.05, 3.63) is 29.3 Å². The van der Waals surface area contributed by atoms with Gasteiger partial charge in [-0.3, -0.25) is 0 Å². The lowest BCUT2D eigenvalue weighted by Gasteiger charge is -2.47. The van der Waals surface area contributed by atoms with Crippen LogP contribution in [0.15, 0.2) is 23.1 Å². The second-order valence-electron chi connectivity index (χ2n) is 6.32. The first-order valence-electron chi connectivity index (χ1n) is 7.17. The summed E-state index contributed by atoms with van der Waals surface area (Å²) in [4.78, 5) is 0.365. The average molecular weight is 295 g/mol. The first kappa shape index (κ1) is 14.0. The zero-order chi connectivity index (χ0) is 14.5. The molecule has 0 aromatic heterocycles. The van der Waals surface area contributed by atoms with Gasteiger partial charge in [-0.1, -0.05) is 19.9 Å². The minimum atomic E-state index is -3.46. The number of rotatable bonds is 3. The third-order valence-corrected chi connectivity index (χ3v) is 6.47. The number of β-amino-alcohol motifs (C(OH)–C–C–N with tert-alkyl or cyclic N) is 1. The molecule has 110 valence electrons. The van der Waals surface area contributed by atoms with E-state index in [0.29, 0.717) is 4.90 Å². The van der Waals surface area contributed by atoms with Crippen LogP contribution in [0.1, 0.15) is 31.4 Å². The number of fused-ring (bicyclic) bond motifs is 1. The minimum absolute atomic E-state index is 0.0639. The molecule has 1 heterocycles. The van der Waals surface area contributed by atoms with E-state index in [4.69, 9.17) is 0 Å².